The molecular formula is C20H26N2O8S2. The quantitative estimate of drug-likeness (QED) is 0.386. The molecule has 0 saturated carbocycles. The zero-order valence-electron chi connectivity index (χ0n) is 17.7. The van der Waals surface area contributed by atoms with E-state index >= 15 is 0 Å². The van der Waals surface area contributed by atoms with E-state index in [9.17, 15) is 26.4 Å². The molecule has 0 spiro atoms. The van der Waals surface area contributed by atoms with E-state index in [1.807, 2.05) is 0 Å². The summed E-state index contributed by atoms with van der Waals surface area (Å²) in [4.78, 5) is 25.5. The number of esters is 1. The summed E-state index contributed by atoms with van der Waals surface area (Å²) >= 11 is 0. The highest BCUT2D eigenvalue weighted by Gasteiger charge is 2.33. The van der Waals surface area contributed by atoms with E-state index in [1.165, 1.54) is 34.5 Å². The summed E-state index contributed by atoms with van der Waals surface area (Å²) in [6.07, 6.45) is 2.96. The van der Waals surface area contributed by atoms with E-state index in [0.29, 0.717) is 38.3 Å². The topological polar surface area (TPSA) is 127 Å². The number of hydrogen-bond donors (Lipinski definition) is 0. The summed E-state index contributed by atoms with van der Waals surface area (Å²) in [7, 11) is -5.23. The maximum atomic E-state index is 12.6. The third-order valence-electron chi connectivity index (χ3n) is 5.39. The first kappa shape index (κ1) is 24.4. The van der Waals surface area contributed by atoms with Crippen molar-refractivity contribution in [1.29, 1.82) is 0 Å². The molecule has 0 aromatic heterocycles. The molecule has 1 aromatic carbocycles. The van der Waals surface area contributed by atoms with Crippen molar-refractivity contribution in [1.82, 2.24) is 9.21 Å². The molecule has 0 aliphatic carbocycles. The fourth-order valence-electron chi connectivity index (χ4n) is 3.42. The normalized spacial score (nSPS) is 21.5. The molecule has 0 radical (unpaired) electrons. The van der Waals surface area contributed by atoms with Gasteiger partial charge in [0.1, 0.15) is 0 Å². The van der Waals surface area contributed by atoms with Gasteiger partial charge in [0.25, 0.3) is 5.91 Å². The molecule has 10 nitrogen and oxygen atoms in total. The number of carbonyl (C=O) groups is 2. The lowest BCUT2D eigenvalue weighted by Gasteiger charge is -2.26. The number of ether oxygens (including phenoxy) is 2. The highest BCUT2D eigenvalue weighted by atomic mass is 32.2. The van der Waals surface area contributed by atoms with Gasteiger partial charge in [-0.05, 0) is 30.2 Å². The molecule has 32 heavy (non-hydrogen) atoms. The number of nitrogens with zero attached hydrogens (tertiary/aromatic N) is 2. The van der Waals surface area contributed by atoms with Gasteiger partial charge in [0.15, 0.2) is 16.4 Å². The minimum atomic E-state index is -3.59. The second-order valence-electron chi connectivity index (χ2n) is 7.59. The van der Waals surface area contributed by atoms with Crippen LogP contribution in [0.2, 0.25) is 0 Å². The summed E-state index contributed by atoms with van der Waals surface area (Å²) in [5.41, 5.74) is 0.586. The third-order valence-corrected chi connectivity index (χ3v) is 9.05. The number of likely N-dealkylation sites (N-methyl/N-ethyl adjacent to an activating group) is 1. The van der Waals surface area contributed by atoms with Crippen LogP contribution < -0.4 is 0 Å². The van der Waals surface area contributed by atoms with Gasteiger partial charge in [-0.15, -0.1) is 0 Å². The Morgan fingerprint density at radius 3 is 2.47 bits per heavy atom. The minimum Gasteiger partial charge on any atom is -0.452 e. The van der Waals surface area contributed by atoms with Gasteiger partial charge < -0.3 is 14.4 Å². The average molecular weight is 487 g/mol. The number of hydrogen-bond acceptors (Lipinski definition) is 8. The number of sulfone groups is 1. The van der Waals surface area contributed by atoms with Crippen LogP contribution in [0.4, 0.5) is 0 Å². The zero-order valence-corrected chi connectivity index (χ0v) is 19.3. The first-order chi connectivity index (χ1) is 15.1. The maximum absolute atomic E-state index is 12.6. The van der Waals surface area contributed by atoms with Gasteiger partial charge in [0.05, 0.1) is 29.6 Å². The number of morpholine rings is 1. The fraction of sp³-hybridized carbons (Fsp3) is 0.500. The molecule has 2 heterocycles. The van der Waals surface area contributed by atoms with Crippen LogP contribution in [0, 0.1) is 0 Å². The van der Waals surface area contributed by atoms with Crippen molar-refractivity contribution in [3.05, 3.63) is 35.9 Å². The molecule has 3 rings (SSSR count). The molecule has 1 amide bonds. The predicted molar refractivity (Wildman–Crippen MR) is 116 cm³/mol. The summed E-state index contributed by atoms with van der Waals surface area (Å²) in [6.45, 7) is 0.841. The van der Waals surface area contributed by atoms with Gasteiger partial charge in [0, 0.05) is 32.3 Å². The molecule has 1 aromatic rings. The lowest BCUT2D eigenvalue weighted by atomic mass is 10.2. The van der Waals surface area contributed by atoms with E-state index in [-0.39, 0.29) is 16.4 Å². The molecule has 12 heteroatoms. The van der Waals surface area contributed by atoms with E-state index in [0.717, 1.165) is 6.08 Å². The average Bonchev–Trinajstić information content (AvgIpc) is 3.16. The van der Waals surface area contributed by atoms with Gasteiger partial charge in [-0.2, -0.15) is 4.31 Å². The molecule has 1 unspecified atom stereocenters. The van der Waals surface area contributed by atoms with Crippen LogP contribution in [0.3, 0.4) is 0 Å². The summed E-state index contributed by atoms with van der Waals surface area (Å²) in [5.74, 6) is -1.26. The lowest BCUT2D eigenvalue weighted by Crippen LogP contribution is -2.40. The van der Waals surface area contributed by atoms with Crippen molar-refractivity contribution >= 4 is 37.8 Å². The van der Waals surface area contributed by atoms with Gasteiger partial charge >= 0.3 is 5.97 Å². The zero-order chi connectivity index (χ0) is 23.4. The van der Waals surface area contributed by atoms with E-state index in [1.54, 1.807) is 12.1 Å². The van der Waals surface area contributed by atoms with Crippen LogP contribution in [0.25, 0.3) is 6.08 Å². The summed E-state index contributed by atoms with van der Waals surface area (Å²) < 4.78 is 59.8. The van der Waals surface area contributed by atoms with Gasteiger partial charge in [-0.3, -0.25) is 4.79 Å². The Kier molecular flexibility index (Phi) is 7.70. The first-order valence-corrected chi connectivity index (χ1v) is 13.3. The van der Waals surface area contributed by atoms with Crippen molar-refractivity contribution in [3.63, 3.8) is 0 Å². The molecule has 0 bridgehead atoms. The van der Waals surface area contributed by atoms with Crippen molar-refractivity contribution < 1.29 is 35.9 Å². The number of sulfonamides is 1. The Labute approximate surface area is 187 Å². The molecule has 1 atom stereocenters. The Balaban J connectivity index is 1.50. The van der Waals surface area contributed by atoms with Crippen LogP contribution >= 0.6 is 0 Å². The molecule has 2 fully saturated rings. The van der Waals surface area contributed by atoms with Crippen LogP contribution in [0.5, 0.6) is 0 Å². The van der Waals surface area contributed by atoms with Crippen LogP contribution in [0.1, 0.15) is 12.0 Å². The van der Waals surface area contributed by atoms with Gasteiger partial charge in [-0.25, -0.2) is 21.6 Å². The molecule has 2 saturated heterocycles. The SMILES string of the molecule is CN(C(=O)COC(=O)C=Cc1ccc(S(=O)(=O)N2CCOCC2)cc1)C1CCS(=O)(=O)C1. The van der Waals surface area contributed by atoms with Crippen LogP contribution in [-0.4, -0.2) is 95.4 Å². The van der Waals surface area contributed by atoms with Crippen molar-refractivity contribution in [2.24, 2.45) is 0 Å². The standard InChI is InChI=1S/C20H26N2O8S2/c1-21(17-8-13-31(25,26)15-17)19(23)14-30-20(24)7-4-16-2-5-18(6-3-16)32(27,28)22-9-11-29-12-10-22/h2-7,17H,8-15H2,1H3. The lowest BCUT2D eigenvalue weighted by molar-refractivity contribution is -0.148. The van der Waals surface area contributed by atoms with Crippen LogP contribution in [-0.2, 0) is 38.9 Å². The summed E-state index contributed by atoms with van der Waals surface area (Å²) in [6, 6.07) is 5.65. The Morgan fingerprint density at radius 2 is 1.88 bits per heavy atom. The van der Waals surface area contributed by atoms with Crippen molar-refractivity contribution in [2.45, 2.75) is 17.4 Å². The highest BCUT2D eigenvalue weighted by Crippen LogP contribution is 2.18. The largest absolute Gasteiger partial charge is 0.452 e. The minimum absolute atomic E-state index is 0.0460. The molecule has 0 N–H and O–H groups in total. The first-order valence-electron chi connectivity index (χ1n) is 10.1. The van der Waals surface area contributed by atoms with E-state index < -0.39 is 44.4 Å². The predicted octanol–water partition coefficient (Wildman–Crippen LogP) is -0.0906. The second kappa shape index (κ2) is 10.1. The Hall–Kier alpha value is -2.28. The number of amides is 1. The van der Waals surface area contributed by atoms with E-state index in [2.05, 4.69) is 0 Å². The molecule has 2 aliphatic rings. The maximum Gasteiger partial charge on any atom is 0.331 e. The Bertz CT molecular complexity index is 1080. The van der Waals surface area contributed by atoms with E-state index in [4.69, 9.17) is 9.47 Å². The van der Waals surface area contributed by atoms with Gasteiger partial charge in [0.2, 0.25) is 10.0 Å². The summed E-state index contributed by atoms with van der Waals surface area (Å²) in [5, 5.41) is 0. The van der Waals surface area contributed by atoms with Crippen molar-refractivity contribution in [3.8, 4) is 0 Å². The number of rotatable bonds is 7. The molecular weight excluding hydrogens is 460 g/mol. The van der Waals surface area contributed by atoms with Crippen molar-refractivity contribution in [2.75, 3.05) is 51.5 Å². The second-order valence-corrected chi connectivity index (χ2v) is 11.8. The highest BCUT2D eigenvalue weighted by molar-refractivity contribution is 7.91. The molecule has 176 valence electrons. The Morgan fingerprint density at radius 1 is 1.22 bits per heavy atom. The third kappa shape index (κ3) is 6.15. The number of carbonyl (C=O) groups excluding carboxylic acids is 2. The van der Waals surface area contributed by atoms with Crippen LogP contribution in [0.15, 0.2) is 35.2 Å². The van der Waals surface area contributed by atoms with Gasteiger partial charge in [-0.1, -0.05) is 12.1 Å². The fourth-order valence-corrected chi connectivity index (χ4v) is 6.60. The number of benzene rings is 1. The smallest absolute Gasteiger partial charge is 0.331 e. The monoisotopic (exact) mass is 486 g/mol. The molecule has 2 aliphatic heterocycles.